The van der Waals surface area contributed by atoms with Crippen LogP contribution in [0.5, 0.6) is 5.75 Å². The number of hydrogen-bond donors (Lipinski definition) is 3. The van der Waals surface area contributed by atoms with Crippen LogP contribution in [0.4, 0.5) is 0 Å². The molecule has 0 aliphatic carbocycles. The maximum atomic E-state index is 12.6. The number of benzene rings is 1. The summed E-state index contributed by atoms with van der Waals surface area (Å²) in [6.07, 6.45) is -0.785. The van der Waals surface area contributed by atoms with E-state index in [-0.39, 0.29) is 12.2 Å². The van der Waals surface area contributed by atoms with Gasteiger partial charge in [0.25, 0.3) is 0 Å². The molecule has 0 spiro atoms. The van der Waals surface area contributed by atoms with Gasteiger partial charge < -0.3 is 21.1 Å². The molecule has 0 saturated heterocycles. The van der Waals surface area contributed by atoms with E-state index in [2.05, 4.69) is 0 Å². The van der Waals surface area contributed by atoms with E-state index in [4.69, 9.17) is 25.6 Å². The van der Waals surface area contributed by atoms with Crippen molar-refractivity contribution in [3.05, 3.63) is 30.3 Å². The fraction of sp³-hybridized carbons (Fsp3) is 0.333. The number of nitrogens with two attached hydrogens (primary N) is 2. The molecular formula is C12H17N2O6P. The molecule has 2 atom stereocenters. The summed E-state index contributed by atoms with van der Waals surface area (Å²) in [5.74, 6) is -3.28. The number of carboxylic acids is 1. The molecule has 5 N–H and O–H groups in total. The number of ketones is 1. The van der Waals surface area contributed by atoms with E-state index in [0.717, 1.165) is 0 Å². The van der Waals surface area contributed by atoms with Gasteiger partial charge in [0.2, 0.25) is 0 Å². The zero-order chi connectivity index (χ0) is 15.9. The lowest BCUT2D eigenvalue weighted by Gasteiger charge is -2.23. The van der Waals surface area contributed by atoms with Crippen LogP contribution < -0.4 is 16.0 Å². The summed E-state index contributed by atoms with van der Waals surface area (Å²) in [6, 6.07) is 8.03. The van der Waals surface area contributed by atoms with Crippen LogP contribution in [0.25, 0.3) is 0 Å². The van der Waals surface area contributed by atoms with E-state index in [1.807, 2.05) is 0 Å². The normalized spacial score (nSPS) is 15.0. The van der Waals surface area contributed by atoms with Crippen molar-refractivity contribution in [1.82, 2.24) is 0 Å². The number of rotatable bonds is 9. The molecule has 1 rings (SSSR count). The van der Waals surface area contributed by atoms with Crippen LogP contribution in [0, 0.1) is 0 Å². The molecule has 21 heavy (non-hydrogen) atoms. The van der Waals surface area contributed by atoms with Crippen molar-refractivity contribution in [1.29, 1.82) is 0 Å². The van der Waals surface area contributed by atoms with Crippen molar-refractivity contribution in [3.63, 3.8) is 0 Å². The average Bonchev–Trinajstić information content (AvgIpc) is 2.45. The van der Waals surface area contributed by atoms with Gasteiger partial charge in [-0.15, -0.1) is 0 Å². The molecule has 0 heterocycles. The fourth-order valence-electron chi connectivity index (χ4n) is 1.45. The monoisotopic (exact) mass is 316 g/mol. The van der Waals surface area contributed by atoms with Gasteiger partial charge in [-0.25, -0.2) is 4.57 Å². The van der Waals surface area contributed by atoms with Crippen LogP contribution in [0.3, 0.4) is 0 Å². The van der Waals surface area contributed by atoms with Crippen molar-refractivity contribution in [2.75, 3.05) is 6.73 Å². The first-order valence-electron chi connectivity index (χ1n) is 6.08. The first kappa shape index (κ1) is 17.3. The molecule has 0 aliphatic rings. The number of carboxylic acid groups (broad SMARTS) is 1. The van der Waals surface area contributed by atoms with Gasteiger partial charge in [0.05, 0.1) is 6.42 Å². The van der Waals surface area contributed by atoms with E-state index in [1.54, 1.807) is 18.2 Å². The van der Waals surface area contributed by atoms with Gasteiger partial charge >= 0.3 is 13.6 Å². The standard InChI is InChI=1S/C12H17N2O6P/c13-8-19-21(18,20-9-4-2-1-3-5-9)12(14)10(15)6-7-11(16)17/h1-5,12H,6-8,13-14H2,(H,16,17). The maximum Gasteiger partial charge on any atom is 0.404 e. The van der Waals surface area contributed by atoms with Gasteiger partial charge in [0.15, 0.2) is 11.6 Å². The fourth-order valence-corrected chi connectivity index (χ4v) is 2.88. The molecule has 2 unspecified atom stereocenters. The lowest BCUT2D eigenvalue weighted by molar-refractivity contribution is -0.138. The molecule has 0 radical (unpaired) electrons. The van der Waals surface area contributed by atoms with Crippen molar-refractivity contribution in [2.24, 2.45) is 11.5 Å². The van der Waals surface area contributed by atoms with E-state index >= 15 is 0 Å². The van der Waals surface area contributed by atoms with Gasteiger partial charge in [-0.1, -0.05) is 18.2 Å². The Morgan fingerprint density at radius 3 is 2.38 bits per heavy atom. The van der Waals surface area contributed by atoms with Crippen LogP contribution in [0.1, 0.15) is 12.8 Å². The Hall–Kier alpha value is -1.73. The van der Waals surface area contributed by atoms with E-state index < -0.39 is 38.3 Å². The van der Waals surface area contributed by atoms with Crippen LogP contribution >= 0.6 is 7.60 Å². The maximum absolute atomic E-state index is 12.6. The molecule has 0 saturated carbocycles. The van der Waals surface area contributed by atoms with Crippen LogP contribution in [0.2, 0.25) is 0 Å². The predicted octanol–water partition coefficient (Wildman–Crippen LogP) is 0.910. The van der Waals surface area contributed by atoms with Gasteiger partial charge in [-0.2, -0.15) is 0 Å². The minimum absolute atomic E-state index is 0.204. The third-order valence-electron chi connectivity index (χ3n) is 2.49. The second-order valence-corrected chi connectivity index (χ2v) is 6.12. The molecule has 0 fully saturated rings. The van der Waals surface area contributed by atoms with Crippen molar-refractivity contribution in [3.8, 4) is 5.75 Å². The molecule has 1 aromatic carbocycles. The zero-order valence-corrected chi connectivity index (χ0v) is 12.1. The zero-order valence-electron chi connectivity index (χ0n) is 11.2. The van der Waals surface area contributed by atoms with E-state index in [9.17, 15) is 14.2 Å². The lowest BCUT2D eigenvalue weighted by Crippen LogP contribution is -2.34. The van der Waals surface area contributed by atoms with Crippen molar-refractivity contribution in [2.45, 2.75) is 18.6 Å². The largest absolute Gasteiger partial charge is 0.481 e. The number of carbonyl (C=O) groups is 2. The predicted molar refractivity (Wildman–Crippen MR) is 74.7 cm³/mol. The molecule has 116 valence electrons. The van der Waals surface area contributed by atoms with Gasteiger partial charge in [0, 0.05) is 6.42 Å². The summed E-state index contributed by atoms with van der Waals surface area (Å²) in [7, 11) is -4.04. The summed E-state index contributed by atoms with van der Waals surface area (Å²) >= 11 is 0. The first-order valence-corrected chi connectivity index (χ1v) is 7.69. The van der Waals surface area contributed by atoms with Crippen LogP contribution in [-0.4, -0.2) is 29.4 Å². The Labute approximate surface area is 121 Å². The topological polar surface area (TPSA) is 142 Å². The SMILES string of the molecule is NCOP(=O)(Oc1ccccc1)C(N)C(=O)CCC(=O)O. The smallest absolute Gasteiger partial charge is 0.404 e. The Morgan fingerprint density at radius 1 is 1.24 bits per heavy atom. The van der Waals surface area contributed by atoms with E-state index in [0.29, 0.717) is 0 Å². The van der Waals surface area contributed by atoms with Gasteiger partial charge in [-0.05, 0) is 12.1 Å². The van der Waals surface area contributed by atoms with Gasteiger partial charge in [-0.3, -0.25) is 14.1 Å². The third-order valence-corrected chi connectivity index (χ3v) is 4.43. The molecule has 9 heteroatoms. The third kappa shape index (κ3) is 5.28. The molecular weight excluding hydrogens is 299 g/mol. The number of Topliss-reactive ketones (excluding diaryl/α,β-unsaturated/α-hetero) is 1. The highest BCUT2D eigenvalue weighted by molar-refractivity contribution is 7.56. The molecule has 0 aliphatic heterocycles. The molecule has 0 bridgehead atoms. The number of hydrogen-bond acceptors (Lipinski definition) is 7. The highest BCUT2D eigenvalue weighted by Gasteiger charge is 2.39. The second-order valence-electron chi connectivity index (χ2n) is 4.04. The number of para-hydroxylation sites is 1. The Kier molecular flexibility index (Phi) is 6.51. The second kappa shape index (κ2) is 7.90. The number of aliphatic carboxylic acids is 1. The van der Waals surface area contributed by atoms with Crippen LogP contribution in [0.15, 0.2) is 30.3 Å². The Balaban J connectivity index is 2.85. The highest BCUT2D eigenvalue weighted by atomic mass is 31.2. The van der Waals surface area contributed by atoms with Crippen molar-refractivity contribution >= 4 is 19.3 Å². The molecule has 8 nitrogen and oxygen atoms in total. The highest BCUT2D eigenvalue weighted by Crippen LogP contribution is 2.51. The lowest BCUT2D eigenvalue weighted by atomic mass is 10.2. The summed E-state index contributed by atoms with van der Waals surface area (Å²) in [6.45, 7) is -0.454. The Bertz CT molecular complexity index is 536. The molecule has 0 amide bonds. The van der Waals surface area contributed by atoms with Crippen LogP contribution in [-0.2, 0) is 18.7 Å². The summed E-state index contributed by atoms with van der Waals surface area (Å²) in [5, 5.41) is 8.54. The number of carbonyl (C=O) groups excluding carboxylic acids is 1. The van der Waals surface area contributed by atoms with Gasteiger partial charge in [0.1, 0.15) is 12.5 Å². The minimum Gasteiger partial charge on any atom is -0.481 e. The molecule has 1 aromatic rings. The Morgan fingerprint density at radius 2 is 1.86 bits per heavy atom. The molecule has 0 aromatic heterocycles. The average molecular weight is 316 g/mol. The quantitative estimate of drug-likeness (QED) is 0.450. The summed E-state index contributed by atoms with van der Waals surface area (Å²) in [5.41, 5.74) is 10.8. The summed E-state index contributed by atoms with van der Waals surface area (Å²) in [4.78, 5) is 22.2. The first-order chi connectivity index (χ1) is 9.89. The van der Waals surface area contributed by atoms with E-state index in [1.165, 1.54) is 12.1 Å². The summed E-state index contributed by atoms with van der Waals surface area (Å²) < 4.78 is 22.6. The van der Waals surface area contributed by atoms with Crippen molar-refractivity contribution < 1.29 is 28.3 Å². The minimum atomic E-state index is -4.04.